The lowest BCUT2D eigenvalue weighted by Gasteiger charge is -2.01. The first-order valence-corrected chi connectivity index (χ1v) is 4.16. The van der Waals surface area contributed by atoms with E-state index in [9.17, 15) is 4.79 Å². The Bertz CT molecular complexity index is 385. The lowest BCUT2D eigenvalue weighted by Crippen LogP contribution is -2.05. The second-order valence-electron chi connectivity index (χ2n) is 2.77. The highest BCUT2D eigenvalue weighted by atomic mass is 16.1. The standard InChI is InChI=1S/C11H10N2O/c1-9(14)13-11-6-4-10(5-7-11)3-2-8-12/h2-7H,1H3,(H,13,14). The molecule has 0 heterocycles. The fourth-order valence-corrected chi connectivity index (χ4v) is 1.01. The Morgan fingerprint density at radius 1 is 1.43 bits per heavy atom. The molecule has 70 valence electrons. The van der Waals surface area contributed by atoms with E-state index in [1.54, 1.807) is 18.2 Å². The number of nitriles is 1. The van der Waals surface area contributed by atoms with Gasteiger partial charge in [-0.1, -0.05) is 12.1 Å². The SMILES string of the molecule is CC(=O)Nc1ccc(C=CC#N)cc1. The third-order valence-electron chi connectivity index (χ3n) is 1.58. The molecule has 1 amide bonds. The molecule has 0 spiro atoms. The highest BCUT2D eigenvalue weighted by molar-refractivity contribution is 5.88. The van der Waals surface area contributed by atoms with Gasteiger partial charge in [0, 0.05) is 18.7 Å². The number of hydrogen-bond acceptors (Lipinski definition) is 2. The minimum absolute atomic E-state index is 0.0923. The van der Waals surface area contributed by atoms with Gasteiger partial charge in [-0.05, 0) is 23.8 Å². The van der Waals surface area contributed by atoms with Crippen molar-refractivity contribution in [2.45, 2.75) is 6.92 Å². The van der Waals surface area contributed by atoms with Gasteiger partial charge in [0.1, 0.15) is 0 Å². The number of hydrogen-bond donors (Lipinski definition) is 1. The number of rotatable bonds is 2. The van der Waals surface area contributed by atoms with Crippen LogP contribution in [0.4, 0.5) is 5.69 Å². The highest BCUT2D eigenvalue weighted by Crippen LogP contribution is 2.10. The highest BCUT2D eigenvalue weighted by Gasteiger charge is 1.93. The first-order chi connectivity index (χ1) is 6.72. The van der Waals surface area contributed by atoms with Gasteiger partial charge in [0.05, 0.1) is 6.07 Å². The van der Waals surface area contributed by atoms with Crippen molar-refractivity contribution in [3.8, 4) is 6.07 Å². The molecule has 3 nitrogen and oxygen atoms in total. The summed E-state index contributed by atoms with van der Waals surface area (Å²) < 4.78 is 0. The summed E-state index contributed by atoms with van der Waals surface area (Å²) in [4.78, 5) is 10.7. The molecule has 1 N–H and O–H groups in total. The Balaban J connectivity index is 2.74. The molecule has 3 heteroatoms. The molecule has 0 saturated carbocycles. The molecule has 0 fully saturated rings. The monoisotopic (exact) mass is 186 g/mol. The van der Waals surface area contributed by atoms with Crippen LogP contribution in [0.3, 0.4) is 0 Å². The molecule has 1 aromatic rings. The zero-order chi connectivity index (χ0) is 10.4. The summed E-state index contributed by atoms with van der Waals surface area (Å²) in [6.07, 6.45) is 3.12. The fraction of sp³-hybridized carbons (Fsp3) is 0.0909. The summed E-state index contributed by atoms with van der Waals surface area (Å²) in [5.41, 5.74) is 1.69. The van der Waals surface area contributed by atoms with E-state index in [-0.39, 0.29) is 5.91 Å². The number of nitrogens with zero attached hydrogens (tertiary/aromatic N) is 1. The average Bonchev–Trinajstić information content (AvgIpc) is 2.16. The molecular formula is C11H10N2O. The predicted molar refractivity (Wildman–Crippen MR) is 55.4 cm³/mol. The van der Waals surface area contributed by atoms with E-state index in [2.05, 4.69) is 5.32 Å². The van der Waals surface area contributed by atoms with Crippen molar-refractivity contribution < 1.29 is 4.79 Å². The number of amides is 1. The third kappa shape index (κ3) is 3.11. The van der Waals surface area contributed by atoms with E-state index in [4.69, 9.17) is 5.26 Å². The fourth-order valence-electron chi connectivity index (χ4n) is 1.01. The Morgan fingerprint density at radius 3 is 2.57 bits per heavy atom. The topological polar surface area (TPSA) is 52.9 Å². The van der Waals surface area contributed by atoms with E-state index in [1.165, 1.54) is 13.0 Å². The van der Waals surface area contributed by atoms with Crippen LogP contribution in [0.25, 0.3) is 6.08 Å². The molecule has 0 aliphatic heterocycles. The van der Waals surface area contributed by atoms with E-state index >= 15 is 0 Å². The van der Waals surface area contributed by atoms with Crippen LogP contribution in [0, 0.1) is 11.3 Å². The van der Waals surface area contributed by atoms with Gasteiger partial charge in [-0.3, -0.25) is 4.79 Å². The van der Waals surface area contributed by atoms with Gasteiger partial charge in [-0.2, -0.15) is 5.26 Å². The number of carbonyl (C=O) groups is 1. The first-order valence-electron chi connectivity index (χ1n) is 4.16. The van der Waals surface area contributed by atoms with Gasteiger partial charge in [-0.25, -0.2) is 0 Å². The lowest BCUT2D eigenvalue weighted by molar-refractivity contribution is -0.114. The van der Waals surface area contributed by atoms with Crippen LogP contribution in [0.5, 0.6) is 0 Å². The summed E-state index contributed by atoms with van der Waals surface area (Å²) in [6, 6.07) is 9.16. The Kier molecular flexibility index (Phi) is 3.45. The van der Waals surface area contributed by atoms with Crippen LogP contribution in [-0.4, -0.2) is 5.91 Å². The number of anilines is 1. The van der Waals surface area contributed by atoms with Crippen molar-refractivity contribution in [2.75, 3.05) is 5.32 Å². The number of carbonyl (C=O) groups excluding carboxylic acids is 1. The molecule has 0 saturated heterocycles. The van der Waals surface area contributed by atoms with Gasteiger partial charge in [0.2, 0.25) is 5.91 Å². The minimum atomic E-state index is -0.0923. The van der Waals surface area contributed by atoms with Crippen molar-refractivity contribution in [2.24, 2.45) is 0 Å². The normalized spacial score (nSPS) is 9.71. The quantitative estimate of drug-likeness (QED) is 0.719. The molecule has 0 bridgehead atoms. The molecule has 0 aliphatic carbocycles. The van der Waals surface area contributed by atoms with Gasteiger partial charge in [0.25, 0.3) is 0 Å². The van der Waals surface area contributed by atoms with Crippen LogP contribution in [0.15, 0.2) is 30.3 Å². The number of allylic oxidation sites excluding steroid dienone is 1. The zero-order valence-electron chi connectivity index (χ0n) is 7.82. The molecule has 0 unspecified atom stereocenters. The van der Waals surface area contributed by atoms with Crippen molar-refractivity contribution in [3.05, 3.63) is 35.9 Å². The van der Waals surface area contributed by atoms with Crippen LogP contribution < -0.4 is 5.32 Å². The molecule has 0 aliphatic rings. The lowest BCUT2D eigenvalue weighted by atomic mass is 10.2. The largest absolute Gasteiger partial charge is 0.326 e. The maximum Gasteiger partial charge on any atom is 0.221 e. The maximum absolute atomic E-state index is 10.7. The van der Waals surface area contributed by atoms with Crippen LogP contribution in [-0.2, 0) is 4.79 Å². The predicted octanol–water partition coefficient (Wildman–Crippen LogP) is 2.18. The molecular weight excluding hydrogens is 176 g/mol. The van der Waals surface area contributed by atoms with Gasteiger partial charge in [0.15, 0.2) is 0 Å². The molecule has 0 radical (unpaired) electrons. The summed E-state index contributed by atoms with van der Waals surface area (Å²) in [7, 11) is 0. The smallest absolute Gasteiger partial charge is 0.221 e. The van der Waals surface area contributed by atoms with E-state index in [1.807, 2.05) is 18.2 Å². The molecule has 14 heavy (non-hydrogen) atoms. The Labute approximate surface area is 82.7 Å². The summed E-state index contributed by atoms with van der Waals surface area (Å²) in [5, 5.41) is 11.0. The van der Waals surface area contributed by atoms with E-state index < -0.39 is 0 Å². The maximum atomic E-state index is 10.7. The third-order valence-corrected chi connectivity index (χ3v) is 1.58. The minimum Gasteiger partial charge on any atom is -0.326 e. The number of benzene rings is 1. The van der Waals surface area contributed by atoms with Crippen molar-refractivity contribution >= 4 is 17.7 Å². The summed E-state index contributed by atoms with van der Waals surface area (Å²) in [6.45, 7) is 1.46. The number of nitrogens with one attached hydrogen (secondary N) is 1. The second kappa shape index (κ2) is 4.83. The summed E-state index contributed by atoms with van der Waals surface area (Å²) in [5.74, 6) is -0.0923. The zero-order valence-corrected chi connectivity index (χ0v) is 7.82. The second-order valence-corrected chi connectivity index (χ2v) is 2.77. The average molecular weight is 186 g/mol. The first kappa shape index (κ1) is 10.0. The molecule has 1 rings (SSSR count). The van der Waals surface area contributed by atoms with Crippen LogP contribution in [0.2, 0.25) is 0 Å². The van der Waals surface area contributed by atoms with Crippen molar-refractivity contribution in [1.29, 1.82) is 5.26 Å². The van der Waals surface area contributed by atoms with Gasteiger partial charge >= 0.3 is 0 Å². The molecule has 1 aromatic carbocycles. The van der Waals surface area contributed by atoms with Crippen molar-refractivity contribution in [1.82, 2.24) is 0 Å². The Morgan fingerprint density at radius 2 is 2.07 bits per heavy atom. The van der Waals surface area contributed by atoms with Gasteiger partial charge in [-0.15, -0.1) is 0 Å². The van der Waals surface area contributed by atoms with Crippen molar-refractivity contribution in [3.63, 3.8) is 0 Å². The Hall–Kier alpha value is -2.08. The van der Waals surface area contributed by atoms with E-state index in [0.29, 0.717) is 0 Å². The van der Waals surface area contributed by atoms with Crippen LogP contribution >= 0.6 is 0 Å². The summed E-state index contributed by atoms with van der Waals surface area (Å²) >= 11 is 0. The van der Waals surface area contributed by atoms with E-state index in [0.717, 1.165) is 11.3 Å². The molecule has 0 aromatic heterocycles. The van der Waals surface area contributed by atoms with Crippen LogP contribution in [0.1, 0.15) is 12.5 Å². The van der Waals surface area contributed by atoms with Gasteiger partial charge < -0.3 is 5.32 Å². The molecule has 0 atom stereocenters.